The van der Waals surface area contributed by atoms with Gasteiger partial charge < -0.3 is 28.0 Å². The summed E-state index contributed by atoms with van der Waals surface area (Å²) in [6.45, 7) is 15.3. The molecule has 7 nitrogen and oxygen atoms in total. The summed E-state index contributed by atoms with van der Waals surface area (Å²) in [7, 11) is 7.14. The second-order valence-electron chi connectivity index (χ2n) is 11.4. The Balaban J connectivity index is 1.73. The predicted octanol–water partition coefficient (Wildman–Crippen LogP) is 2.11. The van der Waals surface area contributed by atoms with Gasteiger partial charge in [-0.3, -0.25) is 0 Å². The number of benzene rings is 1. The van der Waals surface area contributed by atoms with Crippen molar-refractivity contribution in [2.24, 2.45) is 0 Å². The molecule has 162 valence electrons. The van der Waals surface area contributed by atoms with E-state index in [0.717, 1.165) is 5.82 Å². The van der Waals surface area contributed by atoms with Crippen molar-refractivity contribution < 1.29 is 0 Å². The van der Waals surface area contributed by atoms with E-state index in [4.69, 9.17) is 4.98 Å². The number of nitrogens with zero attached hydrogens (tertiary/aromatic N) is 7. The number of hydrogen-bond donors (Lipinski definition) is 0. The van der Waals surface area contributed by atoms with Crippen LogP contribution in [0.2, 0.25) is 19.0 Å². The van der Waals surface area contributed by atoms with Crippen molar-refractivity contribution in [3.8, 4) is 11.4 Å². The van der Waals surface area contributed by atoms with Gasteiger partial charge in [0.1, 0.15) is 5.82 Å². The standard InChI is InChI=1S/C20H32B5N7/c1-19(2)17-14-26-18-15-12-10-11-13-16(15)31-22(6)29(9)24-28(8)21(5)27(7)23(20(19,3)4)32(24)25(31)30(17)18/h10-14H,1-9H3. The summed E-state index contributed by atoms with van der Waals surface area (Å²) in [5.41, 5.74) is 3.76. The Hall–Kier alpha value is -1.61. The van der Waals surface area contributed by atoms with Crippen LogP contribution in [0.4, 0.5) is 5.69 Å². The topological polar surface area (TPSA) is 34.0 Å². The molecule has 0 atom stereocenters. The van der Waals surface area contributed by atoms with Gasteiger partial charge in [-0.05, 0) is 38.6 Å². The smallest absolute Gasteiger partial charge is 0.415 e. The highest BCUT2D eigenvalue weighted by Crippen LogP contribution is 2.56. The van der Waals surface area contributed by atoms with E-state index in [0.29, 0.717) is 6.98 Å². The maximum Gasteiger partial charge on any atom is 0.444 e. The lowest BCUT2D eigenvalue weighted by Crippen LogP contribution is -2.91. The molecule has 0 unspecified atom stereocenters. The van der Waals surface area contributed by atoms with E-state index in [1.165, 1.54) is 16.9 Å². The van der Waals surface area contributed by atoms with Crippen LogP contribution in [-0.2, 0) is 5.41 Å². The first-order valence-corrected chi connectivity index (χ1v) is 11.9. The molecule has 2 saturated heterocycles. The first-order chi connectivity index (χ1) is 15.0. The van der Waals surface area contributed by atoms with Crippen LogP contribution in [-0.4, -0.2) is 84.6 Å². The molecular formula is C20H32B5N7. The number of hydrogen-bond acceptors (Lipinski definition) is 6. The number of aromatic nitrogens is 2. The lowest BCUT2D eigenvalue weighted by molar-refractivity contribution is 0.347. The molecular weight excluding hydrogens is 392 g/mol. The zero-order chi connectivity index (χ0) is 22.9. The van der Waals surface area contributed by atoms with E-state index in [2.05, 4.69) is 121 Å². The lowest BCUT2D eigenvalue weighted by atomic mass is 9.29. The van der Waals surface area contributed by atoms with Gasteiger partial charge in [0, 0.05) is 28.6 Å². The summed E-state index contributed by atoms with van der Waals surface area (Å²) >= 11 is 0. The number of anilines is 1. The van der Waals surface area contributed by atoms with Crippen LogP contribution in [0.15, 0.2) is 30.5 Å². The molecule has 2 aromatic rings. The van der Waals surface area contributed by atoms with Crippen molar-refractivity contribution in [2.75, 3.05) is 25.9 Å². The first-order valence-electron chi connectivity index (χ1n) is 11.9. The summed E-state index contributed by atoms with van der Waals surface area (Å²) in [4.78, 5) is 5.05. The molecule has 6 rings (SSSR count). The van der Waals surface area contributed by atoms with Gasteiger partial charge in [-0.2, -0.15) is 0 Å². The molecule has 0 amide bonds. The second kappa shape index (κ2) is 6.29. The van der Waals surface area contributed by atoms with Crippen molar-refractivity contribution in [2.45, 2.75) is 52.1 Å². The molecule has 0 spiro atoms. The Morgan fingerprint density at radius 3 is 2.22 bits per heavy atom. The highest BCUT2D eigenvalue weighted by Gasteiger charge is 2.69. The quantitative estimate of drug-likeness (QED) is 0.603. The lowest BCUT2D eigenvalue weighted by Gasteiger charge is -2.64. The summed E-state index contributed by atoms with van der Waals surface area (Å²) in [6.07, 6.45) is 2.15. The van der Waals surface area contributed by atoms with Crippen molar-refractivity contribution >= 4 is 40.9 Å². The van der Waals surface area contributed by atoms with Crippen LogP contribution in [0.25, 0.3) is 11.4 Å². The van der Waals surface area contributed by atoms with Crippen molar-refractivity contribution in [1.82, 2.24) is 28.3 Å². The van der Waals surface area contributed by atoms with E-state index >= 15 is 0 Å². The SMILES string of the molecule is CB1N(C)B2N(C)B(C)N3B4N2B(N1C)C(C)(C)C(C)(C)c1cnc(n14)-c1ccccc13. The Kier molecular flexibility index (Phi) is 4.12. The average molecular weight is 425 g/mol. The van der Waals surface area contributed by atoms with Gasteiger partial charge >= 0.3 is 21.2 Å². The van der Waals surface area contributed by atoms with Gasteiger partial charge in [-0.25, -0.2) is 4.98 Å². The molecule has 4 aliphatic rings. The third kappa shape index (κ3) is 2.16. The minimum atomic E-state index is -0.0749. The summed E-state index contributed by atoms with van der Waals surface area (Å²) < 4.78 is 15.6. The van der Waals surface area contributed by atoms with Gasteiger partial charge in [0.15, 0.2) is 0 Å². The highest BCUT2D eigenvalue weighted by molar-refractivity contribution is 7.03. The highest BCUT2D eigenvalue weighted by atomic mass is 15.5. The van der Waals surface area contributed by atoms with Gasteiger partial charge in [-0.15, -0.1) is 0 Å². The number of rotatable bonds is 0. The Labute approximate surface area is 194 Å². The zero-order valence-corrected chi connectivity index (χ0v) is 20.9. The molecule has 12 heteroatoms. The maximum atomic E-state index is 5.05. The third-order valence-corrected chi connectivity index (χ3v) is 9.70. The second-order valence-corrected chi connectivity index (χ2v) is 11.4. The molecule has 32 heavy (non-hydrogen) atoms. The van der Waals surface area contributed by atoms with E-state index in [-0.39, 0.29) is 38.9 Å². The number of fused-ring (bicyclic) bond motifs is 3. The minimum absolute atomic E-state index is 0.0249. The predicted molar refractivity (Wildman–Crippen MR) is 138 cm³/mol. The molecule has 1 aromatic heterocycles. The molecule has 0 radical (unpaired) electrons. The first kappa shape index (κ1) is 21.0. The van der Waals surface area contributed by atoms with Gasteiger partial charge in [0.2, 0.25) is 0 Å². The van der Waals surface area contributed by atoms with Crippen molar-refractivity contribution in [3.05, 3.63) is 36.2 Å². The molecule has 0 saturated carbocycles. The van der Waals surface area contributed by atoms with Crippen LogP contribution in [0.5, 0.6) is 0 Å². The van der Waals surface area contributed by atoms with E-state index in [9.17, 15) is 0 Å². The molecule has 0 bridgehead atoms. The summed E-state index contributed by atoms with van der Waals surface area (Å²) in [6, 6.07) is 8.81. The fourth-order valence-electron chi connectivity index (χ4n) is 6.96. The molecule has 1 aromatic carbocycles. The number of imidazole rings is 1. The molecule has 4 aliphatic heterocycles. The summed E-state index contributed by atoms with van der Waals surface area (Å²) in [5, 5.41) is -0.0249. The third-order valence-electron chi connectivity index (χ3n) is 9.70. The van der Waals surface area contributed by atoms with Crippen LogP contribution in [0.3, 0.4) is 0 Å². The monoisotopic (exact) mass is 425 g/mol. The van der Waals surface area contributed by atoms with Crippen molar-refractivity contribution in [3.63, 3.8) is 0 Å². The normalized spacial score (nSPS) is 24.7. The van der Waals surface area contributed by atoms with Crippen LogP contribution in [0, 0.1) is 0 Å². The van der Waals surface area contributed by atoms with Gasteiger partial charge in [0.05, 0.1) is 0 Å². The van der Waals surface area contributed by atoms with Crippen molar-refractivity contribution in [1.29, 1.82) is 0 Å². The van der Waals surface area contributed by atoms with Gasteiger partial charge in [0.25, 0.3) is 14.0 Å². The maximum absolute atomic E-state index is 5.05. The molecule has 5 heterocycles. The fourth-order valence-corrected chi connectivity index (χ4v) is 6.96. The number of para-hydroxylation sites is 1. The zero-order valence-electron chi connectivity index (χ0n) is 20.9. The van der Waals surface area contributed by atoms with Crippen LogP contribution >= 0.6 is 0 Å². The molecule has 2 fully saturated rings. The summed E-state index contributed by atoms with van der Waals surface area (Å²) in [5.74, 6) is 1.10. The molecule has 0 N–H and O–H groups in total. The van der Waals surface area contributed by atoms with E-state index in [1.807, 2.05) is 0 Å². The fraction of sp³-hybridized carbons (Fsp3) is 0.550. The Morgan fingerprint density at radius 2 is 1.50 bits per heavy atom. The Morgan fingerprint density at radius 1 is 0.844 bits per heavy atom. The largest absolute Gasteiger partial charge is 0.444 e. The average Bonchev–Trinajstić information content (AvgIpc) is 3.18. The van der Waals surface area contributed by atoms with E-state index in [1.54, 1.807) is 0 Å². The van der Waals surface area contributed by atoms with Gasteiger partial charge in [-0.1, -0.05) is 53.5 Å². The Bertz CT molecular complexity index is 1110. The molecule has 0 aliphatic carbocycles. The van der Waals surface area contributed by atoms with Crippen LogP contribution in [0.1, 0.15) is 33.4 Å². The minimum Gasteiger partial charge on any atom is -0.415 e. The van der Waals surface area contributed by atoms with Crippen LogP contribution < -0.4 is 4.72 Å². The van der Waals surface area contributed by atoms with E-state index < -0.39 is 0 Å².